The molecule has 2 saturated heterocycles. The highest BCUT2D eigenvalue weighted by Gasteiger charge is 2.43. The SMILES string of the molecule is CCc1cnc(N2CCC(C3CC3CCOc3ccc(CC(=O)N4CCC4)cn3)CC2)c(CC)c1. The van der Waals surface area contributed by atoms with E-state index in [1.807, 2.05) is 17.0 Å². The average Bonchev–Trinajstić information content (AvgIpc) is 3.63. The Labute approximate surface area is 210 Å². The van der Waals surface area contributed by atoms with Crippen molar-refractivity contribution in [2.45, 2.75) is 65.2 Å². The number of rotatable bonds is 10. The van der Waals surface area contributed by atoms with Crippen LogP contribution in [0.2, 0.25) is 0 Å². The molecule has 35 heavy (non-hydrogen) atoms. The minimum atomic E-state index is 0.203. The molecule has 0 radical (unpaired) electrons. The molecule has 2 aliphatic heterocycles. The largest absolute Gasteiger partial charge is 0.478 e. The summed E-state index contributed by atoms with van der Waals surface area (Å²) in [6, 6.07) is 6.23. The second-order valence-electron chi connectivity index (χ2n) is 10.6. The highest BCUT2D eigenvalue weighted by Crippen LogP contribution is 2.50. The van der Waals surface area contributed by atoms with Crippen LogP contribution < -0.4 is 9.64 Å². The minimum absolute atomic E-state index is 0.203. The molecule has 5 rings (SSSR count). The molecule has 4 heterocycles. The molecule has 3 fully saturated rings. The zero-order valence-corrected chi connectivity index (χ0v) is 21.4. The number of amides is 1. The average molecular weight is 477 g/mol. The molecule has 3 aliphatic rings. The standard InChI is InChI=1S/C29H40N4O2/c1-3-21-16-23(4-2)29(31-19-21)33-13-8-24(9-14-33)26-18-25(26)10-15-35-27-7-6-22(20-30-27)17-28(34)32-11-5-12-32/h6-7,16,19-20,24-26H,3-5,8-15,17-18H2,1-2H3. The number of hydrogen-bond acceptors (Lipinski definition) is 5. The molecule has 1 amide bonds. The summed E-state index contributed by atoms with van der Waals surface area (Å²) in [6.07, 6.45) is 12.5. The molecule has 6 heteroatoms. The Kier molecular flexibility index (Phi) is 7.54. The summed E-state index contributed by atoms with van der Waals surface area (Å²) in [5, 5.41) is 0. The molecular formula is C29H40N4O2. The second kappa shape index (κ2) is 11.0. The van der Waals surface area contributed by atoms with Gasteiger partial charge >= 0.3 is 0 Å². The number of nitrogens with zero attached hydrogens (tertiary/aromatic N) is 4. The third kappa shape index (κ3) is 5.79. The third-order valence-corrected chi connectivity index (χ3v) is 8.31. The van der Waals surface area contributed by atoms with E-state index in [1.165, 1.54) is 36.2 Å². The topological polar surface area (TPSA) is 58.6 Å². The molecule has 6 nitrogen and oxygen atoms in total. The van der Waals surface area contributed by atoms with E-state index in [1.54, 1.807) is 6.20 Å². The molecule has 2 aromatic rings. The number of ether oxygens (including phenoxy) is 1. The fraction of sp³-hybridized carbons (Fsp3) is 0.621. The van der Waals surface area contributed by atoms with Gasteiger partial charge < -0.3 is 14.5 Å². The highest BCUT2D eigenvalue weighted by atomic mass is 16.5. The van der Waals surface area contributed by atoms with Crippen LogP contribution in [0.25, 0.3) is 0 Å². The number of aromatic nitrogens is 2. The zero-order valence-electron chi connectivity index (χ0n) is 21.4. The fourth-order valence-corrected chi connectivity index (χ4v) is 5.78. The number of aryl methyl sites for hydroxylation is 2. The highest BCUT2D eigenvalue weighted by molar-refractivity contribution is 5.79. The van der Waals surface area contributed by atoms with Gasteiger partial charge in [0.1, 0.15) is 5.82 Å². The Morgan fingerprint density at radius 2 is 1.83 bits per heavy atom. The van der Waals surface area contributed by atoms with Gasteiger partial charge in [-0.2, -0.15) is 0 Å². The maximum atomic E-state index is 12.1. The Bertz CT molecular complexity index is 996. The van der Waals surface area contributed by atoms with Gasteiger partial charge in [-0.3, -0.25) is 4.79 Å². The number of anilines is 1. The molecule has 2 aromatic heterocycles. The van der Waals surface area contributed by atoms with Crippen LogP contribution in [0.15, 0.2) is 30.6 Å². The van der Waals surface area contributed by atoms with Crippen LogP contribution in [0, 0.1) is 17.8 Å². The second-order valence-corrected chi connectivity index (χ2v) is 10.6. The van der Waals surface area contributed by atoms with Crippen molar-refractivity contribution >= 4 is 11.7 Å². The summed E-state index contributed by atoms with van der Waals surface area (Å²) < 4.78 is 5.93. The van der Waals surface area contributed by atoms with E-state index < -0.39 is 0 Å². The third-order valence-electron chi connectivity index (χ3n) is 8.31. The lowest BCUT2D eigenvalue weighted by molar-refractivity contribution is -0.133. The summed E-state index contributed by atoms with van der Waals surface area (Å²) in [5.74, 6) is 4.60. The van der Waals surface area contributed by atoms with Crippen molar-refractivity contribution in [1.29, 1.82) is 0 Å². The van der Waals surface area contributed by atoms with E-state index in [0.29, 0.717) is 12.3 Å². The summed E-state index contributed by atoms with van der Waals surface area (Å²) in [6.45, 7) is 9.23. The van der Waals surface area contributed by atoms with E-state index in [-0.39, 0.29) is 5.91 Å². The molecule has 0 N–H and O–H groups in total. The predicted molar refractivity (Wildman–Crippen MR) is 139 cm³/mol. The van der Waals surface area contributed by atoms with Crippen molar-refractivity contribution in [3.05, 3.63) is 47.3 Å². The Balaban J connectivity index is 1.02. The van der Waals surface area contributed by atoms with Crippen molar-refractivity contribution in [2.75, 3.05) is 37.7 Å². The first-order valence-corrected chi connectivity index (χ1v) is 13.7. The maximum absolute atomic E-state index is 12.1. The van der Waals surface area contributed by atoms with Gasteiger partial charge in [0.2, 0.25) is 11.8 Å². The quantitative estimate of drug-likeness (QED) is 0.498. The Morgan fingerprint density at radius 1 is 1.03 bits per heavy atom. The van der Waals surface area contributed by atoms with E-state index in [4.69, 9.17) is 9.72 Å². The smallest absolute Gasteiger partial charge is 0.227 e. The van der Waals surface area contributed by atoms with Crippen LogP contribution >= 0.6 is 0 Å². The van der Waals surface area contributed by atoms with Gasteiger partial charge in [-0.05, 0) is 79.4 Å². The van der Waals surface area contributed by atoms with Gasteiger partial charge in [-0.25, -0.2) is 9.97 Å². The van der Waals surface area contributed by atoms with Crippen LogP contribution in [0.5, 0.6) is 5.88 Å². The van der Waals surface area contributed by atoms with Crippen LogP contribution in [0.4, 0.5) is 5.82 Å². The number of carbonyl (C=O) groups is 1. The fourth-order valence-electron chi connectivity index (χ4n) is 5.78. The number of likely N-dealkylation sites (tertiary alicyclic amines) is 1. The lowest BCUT2D eigenvalue weighted by atomic mass is 9.90. The first kappa shape index (κ1) is 24.1. The Hall–Kier alpha value is -2.63. The molecule has 188 valence electrons. The lowest BCUT2D eigenvalue weighted by Crippen LogP contribution is -2.42. The van der Waals surface area contributed by atoms with E-state index in [0.717, 1.165) is 81.8 Å². The van der Waals surface area contributed by atoms with Crippen molar-refractivity contribution < 1.29 is 9.53 Å². The van der Waals surface area contributed by atoms with Crippen molar-refractivity contribution in [3.63, 3.8) is 0 Å². The number of hydrogen-bond donors (Lipinski definition) is 0. The van der Waals surface area contributed by atoms with Gasteiger partial charge in [-0.15, -0.1) is 0 Å². The van der Waals surface area contributed by atoms with Crippen LogP contribution in [0.1, 0.15) is 62.6 Å². The van der Waals surface area contributed by atoms with E-state index in [2.05, 4.69) is 36.0 Å². The summed E-state index contributed by atoms with van der Waals surface area (Å²) in [5.41, 5.74) is 3.70. The molecule has 0 aromatic carbocycles. The lowest BCUT2D eigenvalue weighted by Gasteiger charge is -2.34. The zero-order chi connectivity index (χ0) is 24.2. The molecule has 1 aliphatic carbocycles. The van der Waals surface area contributed by atoms with Gasteiger partial charge in [-0.1, -0.05) is 26.0 Å². The predicted octanol–water partition coefficient (Wildman–Crippen LogP) is 4.70. The number of pyridine rings is 2. The number of piperidine rings is 1. The summed E-state index contributed by atoms with van der Waals surface area (Å²) >= 11 is 0. The Morgan fingerprint density at radius 3 is 2.49 bits per heavy atom. The summed E-state index contributed by atoms with van der Waals surface area (Å²) in [7, 11) is 0. The first-order chi connectivity index (χ1) is 17.1. The number of carbonyl (C=O) groups excluding carboxylic acids is 1. The molecule has 2 unspecified atom stereocenters. The van der Waals surface area contributed by atoms with Crippen molar-refractivity contribution in [3.8, 4) is 5.88 Å². The monoisotopic (exact) mass is 476 g/mol. The van der Waals surface area contributed by atoms with Crippen molar-refractivity contribution in [2.24, 2.45) is 17.8 Å². The minimum Gasteiger partial charge on any atom is -0.478 e. The van der Waals surface area contributed by atoms with Gasteiger partial charge in [0, 0.05) is 44.6 Å². The van der Waals surface area contributed by atoms with Crippen LogP contribution in [-0.2, 0) is 24.1 Å². The maximum Gasteiger partial charge on any atom is 0.227 e. The molecule has 1 saturated carbocycles. The summed E-state index contributed by atoms with van der Waals surface area (Å²) in [4.78, 5) is 25.8. The van der Waals surface area contributed by atoms with Crippen LogP contribution in [0.3, 0.4) is 0 Å². The van der Waals surface area contributed by atoms with Gasteiger partial charge in [0.25, 0.3) is 0 Å². The van der Waals surface area contributed by atoms with Gasteiger partial charge in [0.05, 0.1) is 13.0 Å². The molecular weight excluding hydrogens is 436 g/mol. The molecule has 0 spiro atoms. The first-order valence-electron chi connectivity index (χ1n) is 13.7. The molecule has 2 atom stereocenters. The van der Waals surface area contributed by atoms with Gasteiger partial charge in [0.15, 0.2) is 0 Å². The normalized spacial score (nSPS) is 22.1. The van der Waals surface area contributed by atoms with Crippen LogP contribution in [-0.4, -0.2) is 53.6 Å². The van der Waals surface area contributed by atoms with E-state index >= 15 is 0 Å². The molecule has 0 bridgehead atoms. The van der Waals surface area contributed by atoms with Crippen molar-refractivity contribution in [1.82, 2.24) is 14.9 Å². The van der Waals surface area contributed by atoms with E-state index in [9.17, 15) is 4.79 Å².